The fourth-order valence-electron chi connectivity index (χ4n) is 4.27. The third-order valence-corrected chi connectivity index (χ3v) is 7.77. The molecule has 3 aromatic carbocycles. The Hall–Kier alpha value is -3.58. The number of aryl methyl sites for hydroxylation is 1. The van der Waals surface area contributed by atoms with Crippen molar-refractivity contribution in [2.45, 2.75) is 50.2 Å². The van der Waals surface area contributed by atoms with Crippen LogP contribution in [-0.2, 0) is 19.6 Å². The maximum absolute atomic E-state index is 14.1. The molecule has 0 radical (unpaired) electrons. The number of methoxy groups -OCH3 is 1. The monoisotopic (exact) mass is 505 g/mol. The lowest BCUT2D eigenvalue weighted by molar-refractivity contribution is -0.158. The van der Waals surface area contributed by atoms with Crippen LogP contribution in [0.4, 0.5) is 0 Å². The minimum Gasteiger partial charge on any atom is -0.497 e. The molecule has 188 valence electrons. The molecule has 0 saturated carbocycles. The summed E-state index contributed by atoms with van der Waals surface area (Å²) >= 11 is 0. The SMILES string of the molecule is COc1ccc([C@H]2C=C(c3ccccc3)N(S(=O)(=O)c3ccc(C)cc3)[C@@H]2C(=O)OC(C)(C)C)cc1. The Balaban J connectivity index is 1.92. The predicted molar refractivity (Wildman–Crippen MR) is 140 cm³/mol. The highest BCUT2D eigenvalue weighted by atomic mass is 32.2. The lowest BCUT2D eigenvalue weighted by Crippen LogP contribution is -2.46. The number of carbonyl (C=O) groups is 1. The lowest BCUT2D eigenvalue weighted by Gasteiger charge is -2.32. The molecule has 4 rings (SSSR count). The topological polar surface area (TPSA) is 72.9 Å². The molecular weight excluding hydrogens is 474 g/mol. The van der Waals surface area contributed by atoms with Crippen molar-refractivity contribution in [1.29, 1.82) is 0 Å². The van der Waals surface area contributed by atoms with Crippen LogP contribution in [-0.4, -0.2) is 37.4 Å². The molecule has 7 heteroatoms. The second-order valence-corrected chi connectivity index (χ2v) is 11.6. The van der Waals surface area contributed by atoms with Gasteiger partial charge in [0.05, 0.1) is 17.7 Å². The highest BCUT2D eigenvalue weighted by Crippen LogP contribution is 2.44. The summed E-state index contributed by atoms with van der Waals surface area (Å²) in [5.41, 5.74) is 2.05. The summed E-state index contributed by atoms with van der Waals surface area (Å²) in [6.45, 7) is 7.20. The molecule has 36 heavy (non-hydrogen) atoms. The van der Waals surface area contributed by atoms with Crippen LogP contribution in [0, 0.1) is 6.92 Å². The summed E-state index contributed by atoms with van der Waals surface area (Å²) < 4.78 is 40.6. The normalized spacial score (nSPS) is 18.0. The van der Waals surface area contributed by atoms with Crippen LogP contribution in [0.2, 0.25) is 0 Å². The Morgan fingerprint density at radius 1 is 0.889 bits per heavy atom. The number of rotatable bonds is 6. The van der Waals surface area contributed by atoms with Gasteiger partial charge in [-0.1, -0.05) is 60.2 Å². The van der Waals surface area contributed by atoms with Crippen molar-refractivity contribution in [3.05, 3.63) is 102 Å². The number of hydrogen-bond donors (Lipinski definition) is 0. The maximum Gasteiger partial charge on any atom is 0.331 e. The van der Waals surface area contributed by atoms with E-state index < -0.39 is 33.6 Å². The van der Waals surface area contributed by atoms with Crippen molar-refractivity contribution in [2.24, 2.45) is 0 Å². The number of esters is 1. The largest absolute Gasteiger partial charge is 0.497 e. The van der Waals surface area contributed by atoms with Crippen molar-refractivity contribution < 1.29 is 22.7 Å². The molecule has 0 aromatic heterocycles. The minimum absolute atomic E-state index is 0.110. The smallest absolute Gasteiger partial charge is 0.331 e. The summed E-state index contributed by atoms with van der Waals surface area (Å²) in [5, 5.41) is 0. The van der Waals surface area contributed by atoms with E-state index in [0.717, 1.165) is 11.1 Å². The molecule has 1 aliphatic heterocycles. The van der Waals surface area contributed by atoms with E-state index in [-0.39, 0.29) is 4.90 Å². The Morgan fingerprint density at radius 2 is 1.50 bits per heavy atom. The molecule has 0 spiro atoms. The van der Waals surface area contributed by atoms with Crippen molar-refractivity contribution in [3.8, 4) is 5.75 Å². The first kappa shape index (κ1) is 25.5. The molecule has 3 aromatic rings. The highest BCUT2D eigenvalue weighted by molar-refractivity contribution is 7.89. The number of ether oxygens (including phenoxy) is 2. The molecule has 0 saturated heterocycles. The summed E-state index contributed by atoms with van der Waals surface area (Å²) in [6.07, 6.45) is 1.84. The molecular formula is C29H31NO5S. The highest BCUT2D eigenvalue weighted by Gasteiger charge is 2.48. The third-order valence-electron chi connectivity index (χ3n) is 5.96. The molecule has 0 N–H and O–H groups in total. The fraction of sp³-hybridized carbons (Fsp3) is 0.276. The predicted octanol–water partition coefficient (Wildman–Crippen LogP) is 5.54. The molecule has 6 nitrogen and oxygen atoms in total. The second-order valence-electron chi connectivity index (χ2n) is 9.81. The Labute approximate surface area is 213 Å². The van der Waals surface area contributed by atoms with Gasteiger partial charge in [-0.3, -0.25) is 4.31 Å². The van der Waals surface area contributed by atoms with E-state index >= 15 is 0 Å². The van der Waals surface area contributed by atoms with E-state index in [1.54, 1.807) is 64.3 Å². The number of benzene rings is 3. The van der Waals surface area contributed by atoms with Crippen molar-refractivity contribution >= 4 is 21.7 Å². The number of carbonyl (C=O) groups excluding carboxylic acids is 1. The maximum atomic E-state index is 14.1. The molecule has 0 bridgehead atoms. The molecule has 0 amide bonds. The molecule has 0 unspecified atom stereocenters. The molecule has 0 aliphatic carbocycles. The summed E-state index contributed by atoms with van der Waals surface area (Å²) in [7, 11) is -2.54. The standard InChI is InChI=1S/C29H31NO5S/c1-20-11-17-24(18-12-20)36(32,33)30-26(22-9-7-6-8-10-22)19-25(21-13-15-23(34-5)16-14-21)27(30)28(31)35-29(2,3)4/h6-19,25,27H,1-5H3/t25-,27+/m1/s1. The number of sulfonamides is 1. The van der Waals surface area contributed by atoms with Gasteiger partial charge in [-0.25, -0.2) is 13.2 Å². The van der Waals surface area contributed by atoms with Gasteiger partial charge in [0.15, 0.2) is 6.04 Å². The van der Waals surface area contributed by atoms with Gasteiger partial charge in [0.1, 0.15) is 11.4 Å². The molecule has 1 aliphatic rings. The summed E-state index contributed by atoms with van der Waals surface area (Å²) in [5.74, 6) is -0.510. The van der Waals surface area contributed by atoms with Gasteiger partial charge in [-0.15, -0.1) is 0 Å². The van der Waals surface area contributed by atoms with Crippen LogP contribution >= 0.6 is 0 Å². The van der Waals surface area contributed by atoms with Crippen molar-refractivity contribution in [2.75, 3.05) is 7.11 Å². The Morgan fingerprint density at radius 3 is 2.06 bits per heavy atom. The van der Waals surface area contributed by atoms with Gasteiger partial charge < -0.3 is 9.47 Å². The van der Waals surface area contributed by atoms with Gasteiger partial charge >= 0.3 is 5.97 Å². The van der Waals surface area contributed by atoms with Gasteiger partial charge in [0.2, 0.25) is 0 Å². The zero-order chi connectivity index (χ0) is 26.1. The third kappa shape index (κ3) is 5.16. The van der Waals surface area contributed by atoms with Crippen LogP contribution in [0.15, 0.2) is 89.8 Å². The zero-order valence-corrected chi connectivity index (χ0v) is 22.0. The zero-order valence-electron chi connectivity index (χ0n) is 21.1. The van der Waals surface area contributed by atoms with E-state index in [1.165, 1.54) is 4.31 Å². The van der Waals surface area contributed by atoms with E-state index in [1.807, 2.05) is 55.5 Å². The van der Waals surface area contributed by atoms with Gasteiger partial charge in [0, 0.05) is 5.92 Å². The minimum atomic E-state index is -4.12. The first-order chi connectivity index (χ1) is 17.0. The van der Waals surface area contributed by atoms with Crippen LogP contribution in [0.3, 0.4) is 0 Å². The number of nitrogens with zero attached hydrogens (tertiary/aromatic N) is 1. The van der Waals surface area contributed by atoms with Gasteiger partial charge in [-0.05, 0) is 69.2 Å². The van der Waals surface area contributed by atoms with Crippen LogP contribution in [0.1, 0.15) is 43.4 Å². The number of hydrogen-bond acceptors (Lipinski definition) is 5. The molecule has 0 fully saturated rings. The Bertz CT molecular complexity index is 1360. The van der Waals surface area contributed by atoms with Crippen molar-refractivity contribution in [3.63, 3.8) is 0 Å². The molecule has 1 heterocycles. The van der Waals surface area contributed by atoms with Gasteiger partial charge in [-0.2, -0.15) is 0 Å². The van der Waals surface area contributed by atoms with E-state index in [9.17, 15) is 13.2 Å². The first-order valence-corrected chi connectivity index (χ1v) is 13.2. The van der Waals surface area contributed by atoms with Crippen molar-refractivity contribution in [1.82, 2.24) is 4.31 Å². The first-order valence-electron chi connectivity index (χ1n) is 11.8. The quantitative estimate of drug-likeness (QED) is 0.411. The Kier molecular flexibility index (Phi) is 6.96. The summed E-state index contributed by atoms with van der Waals surface area (Å²) in [6, 6.07) is 22.0. The average Bonchev–Trinajstić information content (AvgIpc) is 3.26. The van der Waals surface area contributed by atoms with E-state index in [4.69, 9.17) is 9.47 Å². The molecule has 2 atom stereocenters. The van der Waals surface area contributed by atoms with Gasteiger partial charge in [0.25, 0.3) is 10.0 Å². The van der Waals surface area contributed by atoms with Crippen LogP contribution in [0.25, 0.3) is 5.70 Å². The van der Waals surface area contributed by atoms with Crippen LogP contribution in [0.5, 0.6) is 5.75 Å². The second kappa shape index (κ2) is 9.82. The fourth-order valence-corrected chi connectivity index (χ4v) is 5.92. The lowest BCUT2D eigenvalue weighted by atomic mass is 9.93. The summed E-state index contributed by atoms with van der Waals surface area (Å²) in [4.78, 5) is 13.8. The van der Waals surface area contributed by atoms with Crippen LogP contribution < -0.4 is 4.74 Å². The van der Waals surface area contributed by atoms with E-state index in [0.29, 0.717) is 17.0 Å². The average molecular weight is 506 g/mol. The van der Waals surface area contributed by atoms with E-state index in [2.05, 4.69) is 0 Å².